The van der Waals surface area contributed by atoms with E-state index in [2.05, 4.69) is 15.3 Å². The number of nitrogens with one attached hydrogen (secondary N) is 1. The first-order chi connectivity index (χ1) is 8.66. The second-order valence-corrected chi connectivity index (χ2v) is 3.63. The quantitative estimate of drug-likeness (QED) is 0.750. The first-order valence-electron chi connectivity index (χ1n) is 5.30. The average Bonchev–Trinajstić information content (AvgIpc) is 2.38. The third-order valence-corrected chi connectivity index (χ3v) is 2.32. The topological polar surface area (TPSA) is 101 Å². The van der Waals surface area contributed by atoms with E-state index in [9.17, 15) is 4.79 Å². The minimum Gasteiger partial charge on any atom is -0.476 e. The van der Waals surface area contributed by atoms with E-state index < -0.39 is 5.97 Å². The monoisotopic (exact) mass is 244 g/mol. The van der Waals surface area contributed by atoms with Crippen LogP contribution in [0.2, 0.25) is 0 Å². The van der Waals surface area contributed by atoms with Crippen LogP contribution < -0.4 is 11.1 Å². The predicted octanol–water partition coefficient (Wildman–Crippen LogP) is 1.37. The molecule has 0 aliphatic rings. The summed E-state index contributed by atoms with van der Waals surface area (Å²) in [5.41, 5.74) is 6.24. The molecule has 0 bridgehead atoms. The number of anilines is 2. The van der Waals surface area contributed by atoms with Crippen LogP contribution in [0.25, 0.3) is 0 Å². The van der Waals surface area contributed by atoms with Crippen LogP contribution in [0.1, 0.15) is 16.1 Å². The van der Waals surface area contributed by atoms with Crippen molar-refractivity contribution in [3.05, 3.63) is 47.8 Å². The Morgan fingerprint density at radius 2 is 2.06 bits per heavy atom. The number of hydrogen-bond donors (Lipinski definition) is 3. The first kappa shape index (κ1) is 11.8. The lowest BCUT2D eigenvalue weighted by Crippen LogP contribution is -2.10. The van der Waals surface area contributed by atoms with Crippen molar-refractivity contribution >= 4 is 17.6 Å². The number of aromatic carboxylic acids is 1. The molecule has 0 fully saturated rings. The van der Waals surface area contributed by atoms with Gasteiger partial charge in [-0.1, -0.05) is 30.3 Å². The molecule has 0 radical (unpaired) electrons. The number of nitrogen functional groups attached to an aromatic ring is 1. The molecule has 0 aliphatic heterocycles. The fourth-order valence-electron chi connectivity index (χ4n) is 1.43. The molecule has 0 aliphatic carbocycles. The van der Waals surface area contributed by atoms with Gasteiger partial charge in [-0.25, -0.2) is 14.8 Å². The van der Waals surface area contributed by atoms with Crippen molar-refractivity contribution in [3.8, 4) is 0 Å². The second kappa shape index (κ2) is 5.13. The fraction of sp³-hybridized carbons (Fsp3) is 0.0833. The molecule has 18 heavy (non-hydrogen) atoms. The number of hydrogen-bond acceptors (Lipinski definition) is 5. The molecule has 0 saturated carbocycles. The van der Waals surface area contributed by atoms with Crippen LogP contribution in [0.4, 0.5) is 11.6 Å². The van der Waals surface area contributed by atoms with Crippen molar-refractivity contribution < 1.29 is 9.90 Å². The Morgan fingerprint density at radius 1 is 1.33 bits per heavy atom. The molecule has 2 aromatic rings. The highest BCUT2D eigenvalue weighted by atomic mass is 16.4. The Bertz CT molecular complexity index is 557. The number of nitrogens with zero attached hydrogens (tertiary/aromatic N) is 2. The van der Waals surface area contributed by atoms with Crippen LogP contribution in [-0.4, -0.2) is 21.0 Å². The van der Waals surface area contributed by atoms with Crippen molar-refractivity contribution in [2.45, 2.75) is 6.54 Å². The van der Waals surface area contributed by atoms with E-state index in [1.807, 2.05) is 30.3 Å². The van der Waals surface area contributed by atoms with E-state index in [-0.39, 0.29) is 11.5 Å². The third kappa shape index (κ3) is 2.73. The summed E-state index contributed by atoms with van der Waals surface area (Å²) in [5, 5.41) is 11.9. The average molecular weight is 244 g/mol. The van der Waals surface area contributed by atoms with Crippen LogP contribution in [0.15, 0.2) is 36.5 Å². The summed E-state index contributed by atoms with van der Waals surface area (Å²) in [4.78, 5) is 18.5. The van der Waals surface area contributed by atoms with Crippen molar-refractivity contribution in [2.24, 2.45) is 0 Å². The van der Waals surface area contributed by atoms with Gasteiger partial charge in [0, 0.05) is 6.54 Å². The van der Waals surface area contributed by atoms with Gasteiger partial charge < -0.3 is 16.2 Å². The molecular weight excluding hydrogens is 232 g/mol. The highest BCUT2D eigenvalue weighted by Crippen LogP contribution is 2.10. The minimum absolute atomic E-state index is 0.0900. The summed E-state index contributed by atoms with van der Waals surface area (Å²) < 4.78 is 0. The number of carbonyl (C=O) groups is 1. The molecule has 0 amide bonds. The Hall–Kier alpha value is -2.63. The lowest BCUT2D eigenvalue weighted by atomic mass is 10.2. The van der Waals surface area contributed by atoms with Gasteiger partial charge in [-0.3, -0.25) is 0 Å². The summed E-state index contributed by atoms with van der Waals surface area (Å²) >= 11 is 0. The molecule has 6 nitrogen and oxygen atoms in total. The molecule has 1 aromatic carbocycles. The second-order valence-electron chi connectivity index (χ2n) is 3.63. The van der Waals surface area contributed by atoms with Crippen LogP contribution >= 0.6 is 0 Å². The van der Waals surface area contributed by atoms with Gasteiger partial charge in [-0.05, 0) is 5.56 Å². The smallest absolute Gasteiger partial charge is 0.358 e. The molecule has 1 aromatic heterocycles. The van der Waals surface area contributed by atoms with Crippen molar-refractivity contribution in [3.63, 3.8) is 0 Å². The Kier molecular flexibility index (Phi) is 3.38. The molecular formula is C12H12N4O2. The van der Waals surface area contributed by atoms with E-state index in [0.29, 0.717) is 12.4 Å². The van der Waals surface area contributed by atoms with E-state index in [1.165, 1.54) is 6.20 Å². The van der Waals surface area contributed by atoms with Crippen LogP contribution in [-0.2, 0) is 6.54 Å². The summed E-state index contributed by atoms with van der Waals surface area (Å²) in [6, 6.07) is 9.68. The maximum Gasteiger partial charge on any atom is 0.358 e. The zero-order valence-electron chi connectivity index (χ0n) is 9.50. The lowest BCUT2D eigenvalue weighted by Gasteiger charge is -2.06. The first-order valence-corrected chi connectivity index (χ1v) is 5.30. The highest BCUT2D eigenvalue weighted by molar-refractivity contribution is 5.90. The molecule has 6 heteroatoms. The molecule has 4 N–H and O–H groups in total. The number of nitrogens with two attached hydrogens (primary N) is 1. The normalized spacial score (nSPS) is 10.0. The minimum atomic E-state index is -1.19. The van der Waals surface area contributed by atoms with Crippen LogP contribution in [0, 0.1) is 0 Å². The van der Waals surface area contributed by atoms with Crippen molar-refractivity contribution in [1.82, 2.24) is 9.97 Å². The zero-order valence-corrected chi connectivity index (χ0v) is 9.50. The summed E-state index contributed by atoms with van der Waals surface area (Å²) in [5.74, 6) is -0.901. The number of rotatable bonds is 4. The molecule has 0 saturated heterocycles. The number of aromatic nitrogens is 2. The number of carboxylic acids is 1. The van der Waals surface area contributed by atoms with Gasteiger partial charge in [0.05, 0.1) is 6.20 Å². The van der Waals surface area contributed by atoms with E-state index >= 15 is 0 Å². The van der Waals surface area contributed by atoms with Gasteiger partial charge in [0.15, 0.2) is 11.5 Å². The van der Waals surface area contributed by atoms with E-state index in [4.69, 9.17) is 10.8 Å². The number of carboxylic acid groups (broad SMARTS) is 1. The molecule has 0 unspecified atom stereocenters. The van der Waals surface area contributed by atoms with E-state index in [1.54, 1.807) is 0 Å². The Labute approximate surface area is 104 Å². The largest absolute Gasteiger partial charge is 0.476 e. The van der Waals surface area contributed by atoms with Gasteiger partial charge in [0.25, 0.3) is 0 Å². The molecule has 2 rings (SSSR count). The number of benzene rings is 1. The summed E-state index contributed by atoms with van der Waals surface area (Å²) in [6.07, 6.45) is 1.41. The highest BCUT2D eigenvalue weighted by Gasteiger charge is 2.11. The maximum absolute atomic E-state index is 10.8. The SMILES string of the molecule is Nc1ncc(NCc2ccccc2)nc1C(=O)O. The van der Waals surface area contributed by atoms with Crippen LogP contribution in [0.5, 0.6) is 0 Å². The summed E-state index contributed by atoms with van der Waals surface area (Å²) in [6.45, 7) is 0.540. The predicted molar refractivity (Wildman–Crippen MR) is 67.2 cm³/mol. The summed E-state index contributed by atoms with van der Waals surface area (Å²) in [7, 11) is 0. The van der Waals surface area contributed by atoms with Crippen molar-refractivity contribution in [1.29, 1.82) is 0 Å². The molecule has 0 spiro atoms. The fourth-order valence-corrected chi connectivity index (χ4v) is 1.43. The van der Waals surface area contributed by atoms with Crippen molar-refractivity contribution in [2.75, 3.05) is 11.1 Å². The molecule has 1 heterocycles. The maximum atomic E-state index is 10.8. The van der Waals surface area contributed by atoms with Gasteiger partial charge >= 0.3 is 5.97 Å². The van der Waals surface area contributed by atoms with Gasteiger partial charge in [0.1, 0.15) is 5.82 Å². The molecule has 92 valence electrons. The van der Waals surface area contributed by atoms with E-state index in [0.717, 1.165) is 5.56 Å². The van der Waals surface area contributed by atoms with Gasteiger partial charge in [-0.15, -0.1) is 0 Å². The third-order valence-electron chi connectivity index (χ3n) is 2.32. The zero-order chi connectivity index (χ0) is 13.0. The Balaban J connectivity index is 2.11. The lowest BCUT2D eigenvalue weighted by molar-refractivity contribution is 0.0691. The van der Waals surface area contributed by atoms with Gasteiger partial charge in [-0.2, -0.15) is 0 Å². The van der Waals surface area contributed by atoms with Crippen LogP contribution in [0.3, 0.4) is 0 Å². The van der Waals surface area contributed by atoms with Gasteiger partial charge in [0.2, 0.25) is 0 Å². The standard InChI is InChI=1S/C12H12N4O2/c13-11-10(12(17)18)16-9(7-15-11)14-6-8-4-2-1-3-5-8/h1-5,7H,6H2,(H2,13,15)(H,14,16)(H,17,18). The Morgan fingerprint density at radius 3 is 2.72 bits per heavy atom. The molecule has 0 atom stereocenters.